The lowest BCUT2D eigenvalue weighted by Crippen LogP contribution is -2.40. The van der Waals surface area contributed by atoms with Crippen LogP contribution in [-0.4, -0.2) is 30.6 Å². The van der Waals surface area contributed by atoms with Crippen molar-refractivity contribution in [1.29, 1.82) is 0 Å². The number of hydrogen-bond donors (Lipinski definition) is 1. The highest BCUT2D eigenvalue weighted by atomic mass is 79.9. The predicted octanol–water partition coefficient (Wildman–Crippen LogP) is 4.11. The molecule has 1 aromatic carbocycles. The van der Waals surface area contributed by atoms with E-state index in [0.29, 0.717) is 12.1 Å². The Hall–Kier alpha value is -0.450. The summed E-state index contributed by atoms with van der Waals surface area (Å²) < 4.78 is 14.2. The van der Waals surface area contributed by atoms with Crippen molar-refractivity contribution in [2.75, 3.05) is 19.6 Å². The molecule has 4 heteroatoms. The number of rotatable bonds is 6. The molecule has 0 aromatic heterocycles. The van der Waals surface area contributed by atoms with E-state index >= 15 is 0 Å². The maximum absolute atomic E-state index is 13.3. The minimum absolute atomic E-state index is 0.177. The van der Waals surface area contributed by atoms with Gasteiger partial charge in [0.25, 0.3) is 0 Å². The number of nitrogens with one attached hydrogen (secondary N) is 1. The fraction of sp³-hybridized carbons (Fsp3) is 0.647. The van der Waals surface area contributed by atoms with Crippen molar-refractivity contribution in [3.05, 3.63) is 34.1 Å². The van der Waals surface area contributed by atoms with Gasteiger partial charge in [0.1, 0.15) is 5.82 Å². The summed E-state index contributed by atoms with van der Waals surface area (Å²) in [5, 5.41) is 3.60. The molecule has 1 aliphatic carbocycles. The molecular weight excluding hydrogens is 331 g/mol. The maximum Gasteiger partial charge on any atom is 0.124 e. The van der Waals surface area contributed by atoms with Crippen molar-refractivity contribution < 1.29 is 4.39 Å². The summed E-state index contributed by atoms with van der Waals surface area (Å²) in [6, 6.07) is 6.01. The number of benzene rings is 1. The molecule has 2 unspecified atom stereocenters. The molecule has 1 N–H and O–H groups in total. The smallest absolute Gasteiger partial charge is 0.124 e. The molecule has 0 spiro atoms. The lowest BCUT2D eigenvalue weighted by atomic mass is 10.0. The van der Waals surface area contributed by atoms with Crippen molar-refractivity contribution in [2.24, 2.45) is 5.92 Å². The Morgan fingerprint density at radius 3 is 2.76 bits per heavy atom. The van der Waals surface area contributed by atoms with Gasteiger partial charge >= 0.3 is 0 Å². The molecule has 1 aliphatic heterocycles. The van der Waals surface area contributed by atoms with Crippen LogP contribution in [0, 0.1) is 11.7 Å². The minimum Gasteiger partial charge on any atom is -0.313 e. The van der Waals surface area contributed by atoms with Gasteiger partial charge in [-0.1, -0.05) is 22.0 Å². The third-order valence-corrected chi connectivity index (χ3v) is 5.45. The highest BCUT2D eigenvalue weighted by Crippen LogP contribution is 2.35. The van der Waals surface area contributed by atoms with Crippen LogP contribution < -0.4 is 5.32 Å². The van der Waals surface area contributed by atoms with Crippen molar-refractivity contribution in [3.8, 4) is 0 Å². The Balaban J connectivity index is 1.73. The molecule has 1 saturated carbocycles. The van der Waals surface area contributed by atoms with Gasteiger partial charge in [0.05, 0.1) is 0 Å². The van der Waals surface area contributed by atoms with Gasteiger partial charge in [-0.3, -0.25) is 4.90 Å². The van der Waals surface area contributed by atoms with Crippen LogP contribution in [0.5, 0.6) is 0 Å². The molecule has 116 valence electrons. The largest absolute Gasteiger partial charge is 0.313 e. The van der Waals surface area contributed by atoms with E-state index in [4.69, 9.17) is 0 Å². The highest BCUT2D eigenvalue weighted by molar-refractivity contribution is 9.10. The van der Waals surface area contributed by atoms with Gasteiger partial charge in [-0.05, 0) is 62.8 Å². The van der Waals surface area contributed by atoms with Gasteiger partial charge in [0.15, 0.2) is 0 Å². The topological polar surface area (TPSA) is 15.3 Å². The van der Waals surface area contributed by atoms with E-state index in [2.05, 4.69) is 33.1 Å². The first-order valence-electron chi connectivity index (χ1n) is 8.06. The molecule has 2 fully saturated rings. The quantitative estimate of drug-likeness (QED) is 0.826. The minimum atomic E-state index is -0.177. The summed E-state index contributed by atoms with van der Waals surface area (Å²) in [7, 11) is 0. The Kier molecular flexibility index (Phi) is 4.97. The third kappa shape index (κ3) is 4.05. The number of nitrogens with zero attached hydrogens (tertiary/aromatic N) is 1. The molecule has 1 aromatic rings. The Morgan fingerprint density at radius 2 is 2.14 bits per heavy atom. The van der Waals surface area contributed by atoms with Gasteiger partial charge in [0.2, 0.25) is 0 Å². The first-order chi connectivity index (χ1) is 10.1. The van der Waals surface area contributed by atoms with E-state index in [-0.39, 0.29) is 5.82 Å². The van der Waals surface area contributed by atoms with Crippen molar-refractivity contribution in [1.82, 2.24) is 10.2 Å². The van der Waals surface area contributed by atoms with E-state index in [9.17, 15) is 4.39 Å². The monoisotopic (exact) mass is 354 g/mol. The van der Waals surface area contributed by atoms with Crippen molar-refractivity contribution in [2.45, 2.75) is 44.7 Å². The Labute approximate surface area is 135 Å². The molecule has 0 amide bonds. The summed E-state index contributed by atoms with van der Waals surface area (Å²) in [6.45, 7) is 5.66. The van der Waals surface area contributed by atoms with Gasteiger partial charge in [-0.2, -0.15) is 0 Å². The van der Waals surface area contributed by atoms with Gasteiger partial charge in [0, 0.05) is 29.6 Å². The third-order valence-electron chi connectivity index (χ3n) is 4.77. The van der Waals surface area contributed by atoms with Crippen molar-refractivity contribution >= 4 is 15.9 Å². The summed E-state index contributed by atoms with van der Waals surface area (Å²) in [5.74, 6) is 0.692. The fourth-order valence-electron chi connectivity index (χ4n) is 3.26. The first kappa shape index (κ1) is 15.4. The predicted molar refractivity (Wildman–Crippen MR) is 87.8 cm³/mol. The molecule has 2 atom stereocenters. The van der Waals surface area contributed by atoms with Gasteiger partial charge < -0.3 is 5.32 Å². The van der Waals surface area contributed by atoms with E-state index in [1.165, 1.54) is 37.8 Å². The molecule has 21 heavy (non-hydrogen) atoms. The molecule has 3 rings (SSSR count). The van der Waals surface area contributed by atoms with Crippen LogP contribution in [-0.2, 0) is 0 Å². The summed E-state index contributed by atoms with van der Waals surface area (Å²) in [4.78, 5) is 2.58. The van der Waals surface area contributed by atoms with Gasteiger partial charge in [-0.25, -0.2) is 4.39 Å². The average molecular weight is 355 g/mol. The molecule has 1 heterocycles. The van der Waals surface area contributed by atoms with E-state index in [1.807, 2.05) is 6.07 Å². The van der Waals surface area contributed by atoms with Gasteiger partial charge in [-0.15, -0.1) is 0 Å². The van der Waals surface area contributed by atoms with Crippen LogP contribution in [0.15, 0.2) is 22.7 Å². The van der Waals surface area contributed by atoms with Crippen LogP contribution in [0.25, 0.3) is 0 Å². The summed E-state index contributed by atoms with van der Waals surface area (Å²) >= 11 is 3.53. The summed E-state index contributed by atoms with van der Waals surface area (Å²) in [5.41, 5.74) is 1.19. The molecule has 2 aliphatic rings. The lowest BCUT2D eigenvalue weighted by molar-refractivity contribution is 0.183. The summed E-state index contributed by atoms with van der Waals surface area (Å²) in [6.07, 6.45) is 5.30. The van der Waals surface area contributed by atoms with Crippen LogP contribution in [0.1, 0.15) is 44.2 Å². The highest BCUT2D eigenvalue weighted by Gasteiger charge is 2.29. The molecule has 2 nitrogen and oxygen atoms in total. The number of hydrogen-bond acceptors (Lipinski definition) is 2. The average Bonchev–Trinajstić information content (AvgIpc) is 3.11. The second-order valence-electron chi connectivity index (χ2n) is 6.53. The normalized spacial score (nSPS) is 23.7. The van der Waals surface area contributed by atoms with E-state index in [0.717, 1.165) is 23.5 Å². The zero-order chi connectivity index (χ0) is 14.8. The molecule has 0 radical (unpaired) electrons. The standard InChI is InChI=1S/C17H24BrFN2/c1-12(16-7-6-14(19)9-17(16)18)21(10-13-4-5-13)11-15-3-2-8-20-15/h6-7,9,12-13,15,20H,2-5,8,10-11H2,1H3. The maximum atomic E-state index is 13.3. The van der Waals surface area contributed by atoms with Crippen molar-refractivity contribution in [3.63, 3.8) is 0 Å². The molecule has 1 saturated heterocycles. The van der Waals surface area contributed by atoms with Crippen LogP contribution >= 0.6 is 15.9 Å². The number of halogens is 2. The lowest BCUT2D eigenvalue weighted by Gasteiger charge is -2.32. The second-order valence-corrected chi connectivity index (χ2v) is 7.39. The SMILES string of the molecule is CC(c1ccc(F)cc1Br)N(CC1CC1)CC1CCCN1. The van der Waals surface area contributed by atoms with Crippen LogP contribution in [0.4, 0.5) is 4.39 Å². The zero-order valence-corrected chi connectivity index (χ0v) is 14.2. The van der Waals surface area contributed by atoms with Crippen LogP contribution in [0.2, 0.25) is 0 Å². The zero-order valence-electron chi connectivity index (χ0n) is 12.6. The fourth-order valence-corrected chi connectivity index (χ4v) is 3.94. The van der Waals surface area contributed by atoms with E-state index < -0.39 is 0 Å². The Morgan fingerprint density at radius 1 is 1.33 bits per heavy atom. The van der Waals surface area contributed by atoms with Crippen LogP contribution in [0.3, 0.4) is 0 Å². The van der Waals surface area contributed by atoms with E-state index in [1.54, 1.807) is 12.1 Å². The Bertz CT molecular complexity index is 484. The molecule has 0 bridgehead atoms. The first-order valence-corrected chi connectivity index (χ1v) is 8.85. The second kappa shape index (κ2) is 6.76. The molecular formula is C17H24BrFN2.